The fourth-order valence-corrected chi connectivity index (χ4v) is 6.73. The molecule has 0 amide bonds. The average molecular weight is 595 g/mol. The van der Waals surface area contributed by atoms with Gasteiger partial charge in [-0.15, -0.1) is 0 Å². The lowest BCUT2D eigenvalue weighted by Gasteiger charge is -2.27. The SMILES string of the molecule is CCOC(=O)C1=C(C)N=c2s/c(=C\c3ccc(OC)c4ccccc34)c(=O)n2[C@H]1c1c(OC)ccc2ccc(OC)cc12. The highest BCUT2D eigenvalue weighted by atomic mass is 32.1. The fraction of sp³-hybridized carbons (Fsp3) is 0.206. The van der Waals surface area contributed by atoms with Crippen LogP contribution in [0.3, 0.4) is 0 Å². The van der Waals surface area contributed by atoms with Gasteiger partial charge in [0.1, 0.15) is 23.3 Å². The molecule has 1 atom stereocenters. The molecule has 1 aromatic heterocycles. The van der Waals surface area contributed by atoms with Crippen LogP contribution in [-0.2, 0) is 9.53 Å². The lowest BCUT2D eigenvalue weighted by molar-refractivity contribution is -0.139. The first-order chi connectivity index (χ1) is 20.9. The van der Waals surface area contributed by atoms with Crippen molar-refractivity contribution in [3.05, 3.63) is 109 Å². The minimum atomic E-state index is -0.851. The maximum Gasteiger partial charge on any atom is 0.338 e. The molecule has 218 valence electrons. The van der Waals surface area contributed by atoms with E-state index in [1.54, 1.807) is 39.7 Å². The number of carbonyl (C=O) groups is 1. The Morgan fingerprint density at radius 2 is 1.65 bits per heavy atom. The molecule has 1 aliphatic heterocycles. The van der Waals surface area contributed by atoms with Crippen LogP contribution >= 0.6 is 11.3 Å². The van der Waals surface area contributed by atoms with Gasteiger partial charge in [-0.2, -0.15) is 0 Å². The molecule has 0 N–H and O–H groups in total. The first-order valence-electron chi connectivity index (χ1n) is 13.8. The molecule has 0 radical (unpaired) electrons. The topological polar surface area (TPSA) is 88.4 Å². The number of ether oxygens (including phenoxy) is 4. The predicted octanol–water partition coefficient (Wildman–Crippen LogP) is 5.13. The number of hydrogen-bond donors (Lipinski definition) is 0. The van der Waals surface area contributed by atoms with Crippen LogP contribution in [0.4, 0.5) is 0 Å². The van der Waals surface area contributed by atoms with Crippen molar-refractivity contribution in [2.45, 2.75) is 19.9 Å². The number of esters is 1. The quantitative estimate of drug-likeness (QED) is 0.243. The Bertz CT molecular complexity index is 2120. The van der Waals surface area contributed by atoms with E-state index in [0.717, 1.165) is 32.9 Å². The Labute approximate surface area is 251 Å². The monoisotopic (exact) mass is 594 g/mol. The van der Waals surface area contributed by atoms with E-state index in [9.17, 15) is 9.59 Å². The number of allylic oxidation sites excluding steroid dienone is 1. The van der Waals surface area contributed by atoms with Crippen LogP contribution < -0.4 is 29.1 Å². The summed E-state index contributed by atoms with van der Waals surface area (Å²) in [5.74, 6) is 1.38. The second-order valence-electron chi connectivity index (χ2n) is 9.97. The number of carbonyl (C=O) groups excluding carboxylic acids is 1. The maximum absolute atomic E-state index is 14.4. The zero-order chi connectivity index (χ0) is 30.2. The van der Waals surface area contributed by atoms with Crippen molar-refractivity contribution in [2.24, 2.45) is 4.99 Å². The Morgan fingerprint density at radius 1 is 0.930 bits per heavy atom. The van der Waals surface area contributed by atoms with Gasteiger partial charge in [-0.25, -0.2) is 9.79 Å². The van der Waals surface area contributed by atoms with Gasteiger partial charge in [-0.05, 0) is 65.9 Å². The summed E-state index contributed by atoms with van der Waals surface area (Å²) in [6.07, 6.45) is 1.87. The van der Waals surface area contributed by atoms with Gasteiger partial charge in [0.2, 0.25) is 0 Å². The van der Waals surface area contributed by atoms with E-state index in [4.69, 9.17) is 23.9 Å². The zero-order valence-electron chi connectivity index (χ0n) is 24.5. The van der Waals surface area contributed by atoms with E-state index in [0.29, 0.717) is 32.1 Å². The van der Waals surface area contributed by atoms with Gasteiger partial charge in [0.15, 0.2) is 4.80 Å². The number of nitrogens with zero attached hydrogens (tertiary/aromatic N) is 2. The molecular weight excluding hydrogens is 564 g/mol. The fourth-order valence-electron chi connectivity index (χ4n) is 5.69. The first kappa shape index (κ1) is 28.2. The minimum absolute atomic E-state index is 0.178. The zero-order valence-corrected chi connectivity index (χ0v) is 25.3. The molecule has 4 aromatic carbocycles. The number of thiazole rings is 1. The number of rotatable bonds is 7. The second kappa shape index (κ2) is 11.4. The molecule has 9 heteroatoms. The Balaban J connectivity index is 1.67. The summed E-state index contributed by atoms with van der Waals surface area (Å²) in [5, 5.41) is 3.59. The van der Waals surface area contributed by atoms with Crippen LogP contribution in [0.25, 0.3) is 27.6 Å². The summed E-state index contributed by atoms with van der Waals surface area (Å²) in [5.41, 5.74) is 2.01. The smallest absolute Gasteiger partial charge is 0.338 e. The standard InChI is InChI=1S/C34H30N2O6S/c1-6-42-33(38)29-19(2)35-34-36(31(29)30-25-18-22(39-3)14-11-20(25)12-16-27(30)41-5)32(37)28(43-34)17-21-13-15-26(40-4)24-10-8-7-9-23(21)24/h7-18,31H,6H2,1-5H3/b28-17-/t31-/m1/s1. The van der Waals surface area contributed by atoms with Crippen molar-refractivity contribution in [1.82, 2.24) is 4.57 Å². The van der Waals surface area contributed by atoms with Crippen molar-refractivity contribution in [1.29, 1.82) is 0 Å². The molecular formula is C34H30N2O6S. The van der Waals surface area contributed by atoms with Crippen molar-refractivity contribution in [2.75, 3.05) is 27.9 Å². The molecule has 8 nitrogen and oxygen atoms in total. The number of fused-ring (bicyclic) bond motifs is 3. The molecule has 5 aromatic rings. The molecule has 2 heterocycles. The Hall–Kier alpha value is -4.89. The third kappa shape index (κ3) is 4.75. The summed E-state index contributed by atoms with van der Waals surface area (Å²) in [7, 11) is 4.81. The van der Waals surface area contributed by atoms with Gasteiger partial charge in [0, 0.05) is 10.9 Å². The Morgan fingerprint density at radius 3 is 2.37 bits per heavy atom. The van der Waals surface area contributed by atoms with Crippen LogP contribution in [0.5, 0.6) is 17.2 Å². The highest BCUT2D eigenvalue weighted by Gasteiger charge is 2.36. The Kier molecular flexibility index (Phi) is 7.50. The molecule has 0 saturated carbocycles. The lowest BCUT2D eigenvalue weighted by Crippen LogP contribution is -2.40. The van der Waals surface area contributed by atoms with Gasteiger partial charge < -0.3 is 18.9 Å². The predicted molar refractivity (Wildman–Crippen MR) is 168 cm³/mol. The first-order valence-corrected chi connectivity index (χ1v) is 14.6. The van der Waals surface area contributed by atoms with E-state index in [-0.39, 0.29) is 17.7 Å². The molecule has 0 unspecified atom stereocenters. The lowest BCUT2D eigenvalue weighted by atomic mass is 9.90. The highest BCUT2D eigenvalue weighted by molar-refractivity contribution is 7.07. The molecule has 0 spiro atoms. The van der Waals surface area contributed by atoms with Crippen LogP contribution in [0.15, 0.2) is 87.8 Å². The normalized spacial score (nSPS) is 14.9. The van der Waals surface area contributed by atoms with Crippen molar-refractivity contribution in [3.8, 4) is 17.2 Å². The summed E-state index contributed by atoms with van der Waals surface area (Å²) in [6.45, 7) is 3.70. The summed E-state index contributed by atoms with van der Waals surface area (Å²) >= 11 is 1.28. The third-order valence-electron chi connectivity index (χ3n) is 7.67. The molecule has 1 aliphatic rings. The van der Waals surface area contributed by atoms with Gasteiger partial charge in [0.25, 0.3) is 5.56 Å². The van der Waals surface area contributed by atoms with Gasteiger partial charge in [-0.1, -0.05) is 53.8 Å². The van der Waals surface area contributed by atoms with Crippen molar-refractivity contribution < 1.29 is 23.7 Å². The van der Waals surface area contributed by atoms with Crippen molar-refractivity contribution >= 4 is 44.9 Å². The maximum atomic E-state index is 14.4. The summed E-state index contributed by atoms with van der Waals surface area (Å²) in [6, 6.07) is 20.4. The van der Waals surface area contributed by atoms with Crippen molar-refractivity contribution in [3.63, 3.8) is 0 Å². The number of aromatic nitrogens is 1. The number of benzene rings is 4. The largest absolute Gasteiger partial charge is 0.497 e. The van der Waals surface area contributed by atoms with E-state index >= 15 is 0 Å². The van der Waals surface area contributed by atoms with E-state index in [1.165, 1.54) is 11.3 Å². The van der Waals surface area contributed by atoms with Gasteiger partial charge >= 0.3 is 5.97 Å². The van der Waals surface area contributed by atoms with Gasteiger partial charge in [0.05, 0.1) is 43.7 Å². The van der Waals surface area contributed by atoms with E-state index < -0.39 is 12.0 Å². The summed E-state index contributed by atoms with van der Waals surface area (Å²) < 4.78 is 24.5. The van der Waals surface area contributed by atoms with E-state index in [1.807, 2.05) is 72.8 Å². The number of methoxy groups -OCH3 is 3. The molecule has 0 fully saturated rings. The van der Waals surface area contributed by atoms with E-state index in [2.05, 4.69) is 0 Å². The van der Waals surface area contributed by atoms with Gasteiger partial charge in [-0.3, -0.25) is 9.36 Å². The minimum Gasteiger partial charge on any atom is -0.497 e. The molecule has 0 saturated heterocycles. The highest BCUT2D eigenvalue weighted by Crippen LogP contribution is 2.41. The van der Waals surface area contributed by atoms with Crippen LogP contribution in [0, 0.1) is 0 Å². The molecule has 6 rings (SSSR count). The molecule has 0 aliphatic carbocycles. The average Bonchev–Trinajstić information content (AvgIpc) is 3.33. The number of hydrogen-bond acceptors (Lipinski definition) is 8. The molecule has 43 heavy (non-hydrogen) atoms. The third-order valence-corrected chi connectivity index (χ3v) is 8.65. The molecule has 0 bridgehead atoms. The van der Waals surface area contributed by atoms with Crippen LogP contribution in [-0.4, -0.2) is 38.5 Å². The summed E-state index contributed by atoms with van der Waals surface area (Å²) in [4.78, 5) is 33.1. The second-order valence-corrected chi connectivity index (χ2v) is 11.0. The van der Waals surface area contributed by atoms with Crippen LogP contribution in [0.2, 0.25) is 0 Å². The van der Waals surface area contributed by atoms with Crippen LogP contribution in [0.1, 0.15) is 31.0 Å².